The maximum atomic E-state index is 12.8. The highest BCUT2D eigenvalue weighted by Gasteiger charge is 2.17. The molecular weight excluding hydrogens is 440 g/mol. The molecule has 0 aliphatic heterocycles. The number of rotatable bonds is 8. The molecule has 0 atom stereocenters. The Labute approximate surface area is 205 Å². The molecule has 4 rings (SSSR count). The maximum absolute atomic E-state index is 12.8. The van der Waals surface area contributed by atoms with Crippen LogP contribution >= 0.6 is 11.8 Å². The second-order valence-electron chi connectivity index (χ2n) is 8.67. The van der Waals surface area contributed by atoms with Gasteiger partial charge in [-0.15, -0.1) is 10.2 Å². The zero-order valence-electron chi connectivity index (χ0n) is 20.1. The Kier molecular flexibility index (Phi) is 7.48. The van der Waals surface area contributed by atoms with Gasteiger partial charge in [-0.1, -0.05) is 71.9 Å². The van der Waals surface area contributed by atoms with Crippen molar-refractivity contribution in [3.63, 3.8) is 0 Å². The van der Waals surface area contributed by atoms with Gasteiger partial charge in [0, 0.05) is 17.8 Å². The highest BCUT2D eigenvalue weighted by Crippen LogP contribution is 2.25. The molecule has 0 aliphatic carbocycles. The number of hydrogen-bond acceptors (Lipinski definition) is 4. The molecule has 1 heterocycles. The molecule has 0 aliphatic rings. The van der Waals surface area contributed by atoms with Crippen molar-refractivity contribution < 1.29 is 4.79 Å². The van der Waals surface area contributed by atoms with E-state index in [1.54, 1.807) is 0 Å². The van der Waals surface area contributed by atoms with Crippen molar-refractivity contribution in [3.05, 3.63) is 100 Å². The number of nitrogens with one attached hydrogen (secondary N) is 1. The van der Waals surface area contributed by atoms with Crippen LogP contribution in [0.25, 0.3) is 5.69 Å². The molecule has 0 radical (unpaired) electrons. The summed E-state index contributed by atoms with van der Waals surface area (Å²) in [5.74, 6) is 1.10. The number of nitrogens with zero attached hydrogens (tertiary/aromatic N) is 3. The lowest BCUT2D eigenvalue weighted by molar-refractivity contribution is -0.113. The second kappa shape index (κ2) is 10.7. The molecule has 1 aromatic heterocycles. The number of aromatic nitrogens is 3. The van der Waals surface area contributed by atoms with Gasteiger partial charge in [0.05, 0.1) is 5.75 Å². The number of carbonyl (C=O) groups excluding carboxylic acids is 1. The number of carbonyl (C=O) groups is 1. The van der Waals surface area contributed by atoms with Crippen LogP contribution in [0.4, 0.5) is 5.69 Å². The first kappa shape index (κ1) is 23.8. The van der Waals surface area contributed by atoms with Gasteiger partial charge in [-0.2, -0.15) is 0 Å². The maximum Gasteiger partial charge on any atom is 0.234 e. The molecule has 34 heavy (non-hydrogen) atoms. The molecular formula is C28H30N4OS. The second-order valence-corrected chi connectivity index (χ2v) is 9.61. The molecule has 0 bridgehead atoms. The molecule has 6 heteroatoms. The molecule has 0 saturated heterocycles. The van der Waals surface area contributed by atoms with Gasteiger partial charge in [0.1, 0.15) is 5.82 Å². The van der Waals surface area contributed by atoms with Crippen LogP contribution in [0.3, 0.4) is 0 Å². The van der Waals surface area contributed by atoms with E-state index >= 15 is 0 Å². The van der Waals surface area contributed by atoms with Crippen molar-refractivity contribution in [1.82, 2.24) is 14.8 Å². The first-order valence-electron chi connectivity index (χ1n) is 11.5. The lowest BCUT2D eigenvalue weighted by Crippen LogP contribution is -2.16. The zero-order valence-corrected chi connectivity index (χ0v) is 20.9. The Morgan fingerprint density at radius 1 is 0.853 bits per heavy atom. The Morgan fingerprint density at radius 3 is 2.29 bits per heavy atom. The van der Waals surface area contributed by atoms with E-state index in [0.717, 1.165) is 46.3 Å². The van der Waals surface area contributed by atoms with Crippen LogP contribution in [0.5, 0.6) is 0 Å². The van der Waals surface area contributed by atoms with Crippen LogP contribution in [-0.4, -0.2) is 26.4 Å². The SMILES string of the molecule is Cc1cccc(-n2c(CCc3ccccc3)nnc2SCC(=O)Nc2c(C)cc(C)cc2C)c1. The lowest BCUT2D eigenvalue weighted by Gasteiger charge is -2.13. The summed E-state index contributed by atoms with van der Waals surface area (Å²) in [7, 11) is 0. The smallest absolute Gasteiger partial charge is 0.234 e. The highest BCUT2D eigenvalue weighted by atomic mass is 32.2. The predicted molar refractivity (Wildman–Crippen MR) is 140 cm³/mol. The van der Waals surface area contributed by atoms with E-state index in [1.165, 1.54) is 28.5 Å². The van der Waals surface area contributed by atoms with Gasteiger partial charge in [-0.05, 0) is 68.5 Å². The standard InChI is InChI=1S/C28H30N4OS/c1-19-9-8-12-24(17-19)32-25(14-13-23-10-6-5-7-11-23)30-31-28(32)34-18-26(33)29-27-21(3)15-20(2)16-22(27)4/h5-12,15-17H,13-14,18H2,1-4H3,(H,29,33). The first-order chi connectivity index (χ1) is 16.4. The van der Waals surface area contributed by atoms with Gasteiger partial charge in [-0.25, -0.2) is 0 Å². The quantitative estimate of drug-likeness (QED) is 0.320. The normalized spacial score (nSPS) is 10.9. The average Bonchev–Trinajstić information content (AvgIpc) is 3.22. The Hall–Kier alpha value is -3.38. The average molecular weight is 471 g/mol. The van der Waals surface area contributed by atoms with Crippen molar-refractivity contribution in [1.29, 1.82) is 0 Å². The summed E-state index contributed by atoms with van der Waals surface area (Å²) in [5.41, 5.74) is 7.67. The van der Waals surface area contributed by atoms with Crippen LogP contribution in [0, 0.1) is 27.7 Å². The van der Waals surface area contributed by atoms with Crippen LogP contribution < -0.4 is 5.32 Å². The van der Waals surface area contributed by atoms with Gasteiger partial charge in [0.2, 0.25) is 5.91 Å². The lowest BCUT2D eigenvalue weighted by atomic mass is 10.1. The molecule has 4 aromatic rings. The Balaban J connectivity index is 1.53. The van der Waals surface area contributed by atoms with Gasteiger partial charge >= 0.3 is 0 Å². The number of amides is 1. The van der Waals surface area contributed by atoms with E-state index < -0.39 is 0 Å². The van der Waals surface area contributed by atoms with E-state index in [2.05, 4.69) is 88.5 Å². The third-order valence-corrected chi connectivity index (χ3v) is 6.64. The monoisotopic (exact) mass is 470 g/mol. The van der Waals surface area contributed by atoms with Crippen LogP contribution in [0.2, 0.25) is 0 Å². The predicted octanol–water partition coefficient (Wildman–Crippen LogP) is 6.02. The van der Waals surface area contributed by atoms with Crippen molar-refractivity contribution in [3.8, 4) is 5.69 Å². The summed E-state index contributed by atoms with van der Waals surface area (Å²) in [5, 5.41) is 12.8. The summed E-state index contributed by atoms with van der Waals surface area (Å²) in [6.45, 7) is 8.19. The molecule has 5 nitrogen and oxygen atoms in total. The minimum absolute atomic E-state index is 0.0512. The minimum atomic E-state index is -0.0512. The fourth-order valence-electron chi connectivity index (χ4n) is 4.17. The number of thioether (sulfide) groups is 1. The van der Waals surface area contributed by atoms with E-state index in [0.29, 0.717) is 0 Å². The Morgan fingerprint density at radius 2 is 1.59 bits per heavy atom. The van der Waals surface area contributed by atoms with Crippen LogP contribution in [-0.2, 0) is 17.6 Å². The number of anilines is 1. The third-order valence-electron chi connectivity index (χ3n) is 5.71. The summed E-state index contributed by atoms with van der Waals surface area (Å²) < 4.78 is 2.08. The first-order valence-corrected chi connectivity index (χ1v) is 12.4. The van der Waals surface area contributed by atoms with Crippen molar-refractivity contribution in [2.45, 2.75) is 45.7 Å². The zero-order chi connectivity index (χ0) is 24.1. The highest BCUT2D eigenvalue weighted by molar-refractivity contribution is 7.99. The fourth-order valence-corrected chi connectivity index (χ4v) is 4.94. The van der Waals surface area contributed by atoms with Crippen molar-refractivity contribution in [2.75, 3.05) is 11.1 Å². The van der Waals surface area contributed by atoms with Gasteiger partial charge < -0.3 is 5.32 Å². The largest absolute Gasteiger partial charge is 0.325 e. The van der Waals surface area contributed by atoms with Crippen molar-refractivity contribution >= 4 is 23.4 Å². The molecule has 1 N–H and O–H groups in total. The molecule has 0 saturated carbocycles. The molecule has 1 amide bonds. The fraction of sp³-hybridized carbons (Fsp3) is 0.250. The van der Waals surface area contributed by atoms with E-state index in [9.17, 15) is 4.79 Å². The molecule has 0 fully saturated rings. The van der Waals surface area contributed by atoms with Crippen molar-refractivity contribution in [2.24, 2.45) is 0 Å². The summed E-state index contributed by atoms with van der Waals surface area (Å²) in [6.07, 6.45) is 1.64. The van der Waals surface area contributed by atoms with E-state index in [-0.39, 0.29) is 11.7 Å². The molecule has 174 valence electrons. The molecule has 3 aromatic carbocycles. The summed E-state index contributed by atoms with van der Waals surface area (Å²) in [6, 6.07) is 22.9. The summed E-state index contributed by atoms with van der Waals surface area (Å²) >= 11 is 1.41. The van der Waals surface area contributed by atoms with Crippen LogP contribution in [0.1, 0.15) is 33.6 Å². The van der Waals surface area contributed by atoms with Crippen LogP contribution in [0.15, 0.2) is 71.9 Å². The van der Waals surface area contributed by atoms with E-state index in [1.807, 2.05) is 26.0 Å². The topological polar surface area (TPSA) is 59.8 Å². The van der Waals surface area contributed by atoms with Gasteiger partial charge in [0.25, 0.3) is 0 Å². The number of aryl methyl sites for hydroxylation is 6. The molecule has 0 unspecified atom stereocenters. The summed E-state index contributed by atoms with van der Waals surface area (Å²) in [4.78, 5) is 12.8. The third kappa shape index (κ3) is 5.75. The minimum Gasteiger partial charge on any atom is -0.325 e. The Bertz CT molecular complexity index is 1270. The number of hydrogen-bond donors (Lipinski definition) is 1. The molecule has 0 spiro atoms. The van der Waals surface area contributed by atoms with Gasteiger partial charge in [-0.3, -0.25) is 9.36 Å². The van der Waals surface area contributed by atoms with E-state index in [4.69, 9.17) is 0 Å². The number of benzene rings is 3. The van der Waals surface area contributed by atoms with Gasteiger partial charge in [0.15, 0.2) is 5.16 Å².